The predicted molar refractivity (Wildman–Crippen MR) is 96.6 cm³/mol. The summed E-state index contributed by atoms with van der Waals surface area (Å²) in [6, 6.07) is 11.1. The van der Waals surface area contributed by atoms with Gasteiger partial charge in [0.05, 0.1) is 11.0 Å². The van der Waals surface area contributed by atoms with Crippen molar-refractivity contribution in [2.75, 3.05) is 0 Å². The number of hydrogen-bond donors (Lipinski definition) is 1. The number of nitrogens with two attached hydrogens (primary N) is 1. The van der Waals surface area contributed by atoms with E-state index in [0.29, 0.717) is 12.0 Å². The van der Waals surface area contributed by atoms with Gasteiger partial charge in [0.25, 0.3) is 0 Å². The number of fused-ring (bicyclic) bond motifs is 1. The molecule has 1 aliphatic rings. The van der Waals surface area contributed by atoms with Crippen LogP contribution in [-0.4, -0.2) is 15.0 Å². The molecule has 0 unspecified atom stereocenters. The molecule has 0 aliphatic heterocycles. The van der Waals surface area contributed by atoms with Crippen LogP contribution in [0, 0.1) is 5.82 Å². The van der Waals surface area contributed by atoms with Crippen LogP contribution >= 0.6 is 11.9 Å². The van der Waals surface area contributed by atoms with E-state index in [-0.39, 0.29) is 5.82 Å². The van der Waals surface area contributed by atoms with Crippen LogP contribution in [0.25, 0.3) is 11.0 Å². The lowest BCUT2D eigenvalue weighted by atomic mass is 9.82. The smallest absolute Gasteiger partial charge is 0.124 e. The molecule has 0 atom stereocenters. The minimum absolute atomic E-state index is 0.212. The summed E-state index contributed by atoms with van der Waals surface area (Å²) in [4.78, 5) is 5.50. The Labute approximate surface area is 145 Å². The third kappa shape index (κ3) is 3.06. The molecular weight excluding hydrogens is 321 g/mol. The zero-order valence-electron chi connectivity index (χ0n) is 13.4. The highest BCUT2D eigenvalue weighted by molar-refractivity contribution is 7.98. The van der Waals surface area contributed by atoms with Crippen molar-refractivity contribution in [1.82, 2.24) is 8.96 Å². The number of aromatic nitrogens is 2. The molecule has 4 rings (SSSR count). The van der Waals surface area contributed by atoms with Crippen LogP contribution in [0.3, 0.4) is 0 Å². The Bertz CT molecular complexity index is 853. The lowest BCUT2D eigenvalue weighted by molar-refractivity contribution is 0.396. The van der Waals surface area contributed by atoms with Crippen LogP contribution in [0.2, 0.25) is 0 Å². The Morgan fingerprint density at radius 3 is 2.75 bits per heavy atom. The van der Waals surface area contributed by atoms with E-state index in [9.17, 15) is 4.39 Å². The van der Waals surface area contributed by atoms with Gasteiger partial charge < -0.3 is 5.73 Å². The highest BCUT2D eigenvalue weighted by Crippen LogP contribution is 2.38. The molecule has 3 aromatic rings. The standard InChI is InChI=1S/C19H20FN3S/c20-14-3-1-4-16(11-14)24-23-12-17(13-6-8-15(21)9-7-13)19-18(23)5-2-10-22-19/h1-5,10-13,15H,6-9,21H2. The maximum Gasteiger partial charge on any atom is 0.124 e. The van der Waals surface area contributed by atoms with E-state index >= 15 is 0 Å². The van der Waals surface area contributed by atoms with Crippen molar-refractivity contribution < 1.29 is 4.39 Å². The highest BCUT2D eigenvalue weighted by Gasteiger charge is 2.24. The van der Waals surface area contributed by atoms with Gasteiger partial charge in [0, 0.05) is 28.9 Å². The summed E-state index contributed by atoms with van der Waals surface area (Å²) in [5.74, 6) is 0.299. The Hall–Kier alpha value is -1.85. The van der Waals surface area contributed by atoms with E-state index < -0.39 is 0 Å². The monoisotopic (exact) mass is 341 g/mol. The third-order valence-corrected chi connectivity index (χ3v) is 5.73. The summed E-state index contributed by atoms with van der Waals surface area (Å²) >= 11 is 1.53. The molecule has 1 aromatic carbocycles. The fourth-order valence-electron chi connectivity index (χ4n) is 3.50. The van der Waals surface area contributed by atoms with Gasteiger partial charge in [-0.15, -0.1) is 0 Å². The van der Waals surface area contributed by atoms with Crippen LogP contribution in [0.1, 0.15) is 37.2 Å². The first-order valence-corrected chi connectivity index (χ1v) is 9.13. The van der Waals surface area contributed by atoms with E-state index in [1.807, 2.05) is 18.3 Å². The minimum atomic E-state index is -0.212. The third-order valence-electron chi connectivity index (χ3n) is 4.77. The van der Waals surface area contributed by atoms with Crippen LogP contribution in [0.4, 0.5) is 4.39 Å². The molecule has 0 saturated heterocycles. The fourth-order valence-corrected chi connectivity index (χ4v) is 4.44. The summed E-state index contributed by atoms with van der Waals surface area (Å²) in [7, 11) is 0. The summed E-state index contributed by atoms with van der Waals surface area (Å²) in [5, 5.41) is 0. The Balaban J connectivity index is 1.71. The predicted octanol–water partition coefficient (Wildman–Crippen LogP) is 4.72. The van der Waals surface area contributed by atoms with Gasteiger partial charge in [0.15, 0.2) is 0 Å². The molecular formula is C19H20FN3S. The van der Waals surface area contributed by atoms with Crippen LogP contribution in [-0.2, 0) is 0 Å². The summed E-state index contributed by atoms with van der Waals surface area (Å²) in [5.41, 5.74) is 9.48. The van der Waals surface area contributed by atoms with Gasteiger partial charge >= 0.3 is 0 Å². The van der Waals surface area contributed by atoms with Gasteiger partial charge in [0.2, 0.25) is 0 Å². The van der Waals surface area contributed by atoms with Gasteiger partial charge in [-0.3, -0.25) is 8.96 Å². The van der Waals surface area contributed by atoms with Crippen LogP contribution in [0.5, 0.6) is 0 Å². The first-order chi connectivity index (χ1) is 11.7. The SMILES string of the molecule is NC1CCC(c2cn(Sc3cccc(F)c3)c3cccnc23)CC1. The van der Waals surface area contributed by atoms with Gasteiger partial charge in [0.1, 0.15) is 5.82 Å². The summed E-state index contributed by atoms with van der Waals surface area (Å²) in [6.45, 7) is 0. The van der Waals surface area contributed by atoms with Crippen LogP contribution < -0.4 is 5.73 Å². The zero-order valence-corrected chi connectivity index (χ0v) is 14.2. The van der Waals surface area contributed by atoms with Crippen molar-refractivity contribution in [3.8, 4) is 0 Å². The molecule has 0 amide bonds. The van der Waals surface area contributed by atoms with Gasteiger partial charge in [-0.25, -0.2) is 4.39 Å². The normalized spacial score (nSPS) is 21.2. The minimum Gasteiger partial charge on any atom is -0.328 e. The fraction of sp³-hybridized carbons (Fsp3) is 0.316. The molecule has 2 N–H and O–H groups in total. The molecule has 0 radical (unpaired) electrons. The summed E-state index contributed by atoms with van der Waals surface area (Å²) in [6.07, 6.45) is 8.39. The second-order valence-electron chi connectivity index (χ2n) is 6.44. The van der Waals surface area contributed by atoms with Crippen molar-refractivity contribution in [2.24, 2.45) is 5.73 Å². The maximum atomic E-state index is 13.5. The first-order valence-electron chi connectivity index (χ1n) is 8.36. The molecule has 3 nitrogen and oxygen atoms in total. The molecule has 1 saturated carbocycles. The van der Waals surface area contributed by atoms with E-state index in [2.05, 4.69) is 21.2 Å². The van der Waals surface area contributed by atoms with Gasteiger partial charge in [-0.1, -0.05) is 6.07 Å². The van der Waals surface area contributed by atoms with Crippen molar-refractivity contribution in [2.45, 2.75) is 42.5 Å². The van der Waals surface area contributed by atoms with Crippen molar-refractivity contribution >= 4 is 23.0 Å². The van der Waals surface area contributed by atoms with E-state index in [1.165, 1.54) is 23.6 Å². The van der Waals surface area contributed by atoms with E-state index in [4.69, 9.17) is 5.73 Å². The average molecular weight is 341 g/mol. The van der Waals surface area contributed by atoms with Gasteiger partial charge in [-0.2, -0.15) is 0 Å². The Kier molecular flexibility index (Phi) is 4.29. The van der Waals surface area contributed by atoms with Gasteiger partial charge in [-0.05, 0) is 73.9 Å². The molecule has 2 heterocycles. The number of nitrogens with zero attached hydrogens (tertiary/aromatic N) is 2. The molecule has 1 fully saturated rings. The Morgan fingerprint density at radius 2 is 1.96 bits per heavy atom. The second-order valence-corrected chi connectivity index (χ2v) is 7.49. The number of benzene rings is 1. The average Bonchev–Trinajstić information content (AvgIpc) is 2.95. The molecule has 5 heteroatoms. The topological polar surface area (TPSA) is 43.8 Å². The largest absolute Gasteiger partial charge is 0.328 e. The van der Waals surface area contributed by atoms with E-state index in [1.54, 1.807) is 12.1 Å². The maximum absolute atomic E-state index is 13.5. The molecule has 1 aliphatic carbocycles. The van der Waals surface area contributed by atoms with Crippen LogP contribution in [0.15, 0.2) is 53.7 Å². The molecule has 124 valence electrons. The Morgan fingerprint density at radius 1 is 1.12 bits per heavy atom. The molecule has 24 heavy (non-hydrogen) atoms. The lowest BCUT2D eigenvalue weighted by Crippen LogP contribution is -2.25. The van der Waals surface area contributed by atoms with Crippen molar-refractivity contribution in [3.63, 3.8) is 0 Å². The second kappa shape index (κ2) is 6.57. The van der Waals surface area contributed by atoms with Crippen molar-refractivity contribution in [1.29, 1.82) is 0 Å². The first kappa shape index (κ1) is 15.7. The number of halogens is 1. The van der Waals surface area contributed by atoms with E-state index in [0.717, 1.165) is 41.6 Å². The molecule has 2 aromatic heterocycles. The van der Waals surface area contributed by atoms with Crippen molar-refractivity contribution in [3.05, 3.63) is 60.2 Å². The number of rotatable bonds is 3. The zero-order chi connectivity index (χ0) is 16.5. The number of pyridine rings is 1. The quantitative estimate of drug-likeness (QED) is 0.750. The molecule has 0 bridgehead atoms. The summed E-state index contributed by atoms with van der Waals surface area (Å²) < 4.78 is 15.6. The molecule has 0 spiro atoms. The lowest BCUT2D eigenvalue weighted by Gasteiger charge is -2.25. The highest BCUT2D eigenvalue weighted by atomic mass is 32.2. The number of hydrogen-bond acceptors (Lipinski definition) is 3.